The first-order valence-electron chi connectivity index (χ1n) is 8.27. The molecular formula is C20H24N2O3. The van der Waals surface area contributed by atoms with E-state index in [1.807, 2.05) is 58.0 Å². The van der Waals surface area contributed by atoms with Gasteiger partial charge in [0.15, 0.2) is 0 Å². The summed E-state index contributed by atoms with van der Waals surface area (Å²) >= 11 is 0. The monoisotopic (exact) mass is 340 g/mol. The molecule has 0 fully saturated rings. The van der Waals surface area contributed by atoms with Crippen molar-refractivity contribution in [3.8, 4) is 11.5 Å². The Morgan fingerprint density at radius 2 is 1.52 bits per heavy atom. The van der Waals surface area contributed by atoms with Crippen molar-refractivity contribution >= 4 is 17.5 Å². The number of anilines is 1. The van der Waals surface area contributed by atoms with E-state index in [1.165, 1.54) is 4.90 Å². The van der Waals surface area contributed by atoms with E-state index in [-0.39, 0.29) is 0 Å². The molecule has 0 spiro atoms. The van der Waals surface area contributed by atoms with Crippen LogP contribution in [0.2, 0.25) is 0 Å². The van der Waals surface area contributed by atoms with Crippen molar-refractivity contribution in [2.45, 2.75) is 33.2 Å². The zero-order valence-electron chi connectivity index (χ0n) is 15.1. The number of nitrogens with zero attached hydrogens (tertiary/aromatic N) is 1. The van der Waals surface area contributed by atoms with Gasteiger partial charge in [-0.25, -0.2) is 0 Å². The van der Waals surface area contributed by atoms with Gasteiger partial charge in [-0.15, -0.1) is 0 Å². The number of nitrogens with one attached hydrogen (secondary N) is 1. The first-order valence-corrected chi connectivity index (χ1v) is 8.27. The number of benzene rings is 2. The van der Waals surface area contributed by atoms with Crippen molar-refractivity contribution in [1.82, 2.24) is 4.90 Å². The van der Waals surface area contributed by atoms with E-state index in [1.54, 1.807) is 24.3 Å². The summed E-state index contributed by atoms with van der Waals surface area (Å²) in [5.74, 6) is 0.201. The van der Waals surface area contributed by atoms with E-state index in [9.17, 15) is 9.59 Å². The zero-order valence-corrected chi connectivity index (χ0v) is 15.1. The molecule has 0 atom stereocenters. The molecule has 5 nitrogen and oxygen atoms in total. The molecule has 0 aromatic heterocycles. The Morgan fingerprint density at radius 1 is 0.960 bits per heavy atom. The van der Waals surface area contributed by atoms with Crippen LogP contribution in [0.25, 0.3) is 0 Å². The minimum absolute atomic E-state index is 0.406. The predicted molar refractivity (Wildman–Crippen MR) is 98.7 cm³/mol. The van der Waals surface area contributed by atoms with Gasteiger partial charge in [0.05, 0.1) is 0 Å². The molecule has 0 aliphatic rings. The molecule has 5 heteroatoms. The quantitative estimate of drug-likeness (QED) is 0.854. The summed E-state index contributed by atoms with van der Waals surface area (Å²) in [6.45, 7) is 8.03. The molecule has 1 N–H and O–H groups in total. The molecule has 0 heterocycles. The molecular weight excluding hydrogens is 316 g/mol. The third-order valence-corrected chi connectivity index (χ3v) is 3.66. The smallest absolute Gasteiger partial charge is 0.313 e. The van der Waals surface area contributed by atoms with Gasteiger partial charge in [0.1, 0.15) is 11.5 Å². The number of para-hydroxylation sites is 1. The van der Waals surface area contributed by atoms with Crippen LogP contribution >= 0.6 is 0 Å². The highest BCUT2D eigenvalue weighted by molar-refractivity contribution is 6.39. The molecule has 0 unspecified atom stereocenters. The van der Waals surface area contributed by atoms with Crippen molar-refractivity contribution in [3.05, 3.63) is 54.6 Å². The number of ether oxygens (including phenoxy) is 1. The number of rotatable bonds is 4. The van der Waals surface area contributed by atoms with Crippen LogP contribution in [0.15, 0.2) is 54.6 Å². The van der Waals surface area contributed by atoms with Crippen LogP contribution in [-0.2, 0) is 9.59 Å². The first kappa shape index (κ1) is 18.5. The van der Waals surface area contributed by atoms with Crippen molar-refractivity contribution in [3.63, 3.8) is 0 Å². The average Bonchev–Trinajstić information content (AvgIpc) is 2.57. The Bertz CT molecular complexity index is 719. The van der Waals surface area contributed by atoms with E-state index >= 15 is 0 Å². The van der Waals surface area contributed by atoms with E-state index in [0.717, 1.165) is 5.75 Å². The Kier molecular flexibility index (Phi) is 5.80. The average molecular weight is 340 g/mol. The van der Waals surface area contributed by atoms with Crippen LogP contribution in [0.5, 0.6) is 11.5 Å². The van der Waals surface area contributed by atoms with Gasteiger partial charge >= 0.3 is 11.8 Å². The number of hydrogen-bond donors (Lipinski definition) is 1. The Hall–Kier alpha value is -2.82. The third-order valence-electron chi connectivity index (χ3n) is 3.66. The highest BCUT2D eigenvalue weighted by Gasteiger charge is 2.29. The van der Waals surface area contributed by atoms with Gasteiger partial charge in [-0.1, -0.05) is 18.2 Å². The van der Waals surface area contributed by atoms with Crippen LogP contribution in [0, 0.1) is 0 Å². The summed E-state index contributed by atoms with van der Waals surface area (Å²) in [6.07, 6.45) is 0. The molecule has 2 amide bonds. The molecule has 0 radical (unpaired) electrons. The fraction of sp³-hybridized carbons (Fsp3) is 0.300. The summed E-state index contributed by atoms with van der Waals surface area (Å²) in [6, 6.07) is 16.3. The molecule has 2 aromatic rings. The number of amides is 2. The summed E-state index contributed by atoms with van der Waals surface area (Å²) in [7, 11) is 0. The van der Waals surface area contributed by atoms with Gasteiger partial charge in [-0.2, -0.15) is 0 Å². The molecule has 0 aliphatic heterocycles. The fourth-order valence-corrected chi connectivity index (χ4v) is 2.46. The molecule has 0 saturated carbocycles. The fourth-order valence-electron chi connectivity index (χ4n) is 2.46. The molecule has 2 rings (SSSR count). The van der Waals surface area contributed by atoms with Crippen LogP contribution in [0.3, 0.4) is 0 Å². The van der Waals surface area contributed by atoms with Gasteiger partial charge in [0.2, 0.25) is 0 Å². The summed E-state index contributed by atoms with van der Waals surface area (Å²) in [4.78, 5) is 26.1. The Labute approximate surface area is 148 Å². The topological polar surface area (TPSA) is 58.6 Å². The van der Waals surface area contributed by atoms with Gasteiger partial charge in [0, 0.05) is 17.8 Å². The molecule has 0 bridgehead atoms. The Balaban J connectivity index is 2.01. The maximum absolute atomic E-state index is 12.3. The van der Waals surface area contributed by atoms with E-state index in [4.69, 9.17) is 4.74 Å². The van der Waals surface area contributed by atoms with E-state index in [2.05, 4.69) is 5.32 Å². The van der Waals surface area contributed by atoms with Gasteiger partial charge in [0.25, 0.3) is 0 Å². The van der Waals surface area contributed by atoms with Crippen molar-refractivity contribution < 1.29 is 14.3 Å². The molecule has 2 aromatic carbocycles. The maximum Gasteiger partial charge on any atom is 0.313 e. The van der Waals surface area contributed by atoms with E-state index < -0.39 is 17.4 Å². The van der Waals surface area contributed by atoms with Crippen molar-refractivity contribution in [2.75, 3.05) is 11.9 Å². The van der Waals surface area contributed by atoms with Crippen LogP contribution in [0.1, 0.15) is 27.7 Å². The standard InChI is InChI=1S/C20H24N2O3/c1-5-22(20(2,3)4)19(24)18(23)21-15-11-13-17(14-12-15)25-16-9-7-6-8-10-16/h6-14H,5H2,1-4H3,(H,21,23). The van der Waals surface area contributed by atoms with Crippen LogP contribution < -0.4 is 10.1 Å². The lowest BCUT2D eigenvalue weighted by Gasteiger charge is -2.34. The van der Waals surface area contributed by atoms with Crippen molar-refractivity contribution in [1.29, 1.82) is 0 Å². The zero-order chi connectivity index (χ0) is 18.4. The summed E-state index contributed by atoms with van der Waals surface area (Å²) in [5.41, 5.74) is 0.139. The summed E-state index contributed by atoms with van der Waals surface area (Å²) in [5, 5.41) is 2.63. The highest BCUT2D eigenvalue weighted by atomic mass is 16.5. The van der Waals surface area contributed by atoms with Gasteiger partial charge < -0.3 is 15.0 Å². The van der Waals surface area contributed by atoms with Crippen LogP contribution in [0.4, 0.5) is 5.69 Å². The lowest BCUT2D eigenvalue weighted by Crippen LogP contribution is -2.49. The number of carbonyl (C=O) groups excluding carboxylic acids is 2. The molecule has 0 aliphatic carbocycles. The number of hydrogen-bond acceptors (Lipinski definition) is 3. The first-order chi connectivity index (χ1) is 11.8. The second-order valence-electron chi connectivity index (χ2n) is 6.61. The molecule has 132 valence electrons. The second-order valence-corrected chi connectivity index (χ2v) is 6.61. The second kappa shape index (κ2) is 7.83. The van der Waals surface area contributed by atoms with Gasteiger partial charge in [-0.3, -0.25) is 9.59 Å². The van der Waals surface area contributed by atoms with Gasteiger partial charge in [-0.05, 0) is 64.1 Å². The minimum atomic E-state index is -0.645. The largest absolute Gasteiger partial charge is 0.457 e. The van der Waals surface area contributed by atoms with E-state index in [0.29, 0.717) is 18.0 Å². The molecule has 25 heavy (non-hydrogen) atoms. The lowest BCUT2D eigenvalue weighted by atomic mass is 10.1. The van der Waals surface area contributed by atoms with Crippen molar-refractivity contribution in [2.24, 2.45) is 0 Å². The predicted octanol–water partition coefficient (Wildman–Crippen LogP) is 4.06. The number of carbonyl (C=O) groups is 2. The normalized spacial score (nSPS) is 10.9. The minimum Gasteiger partial charge on any atom is -0.457 e. The number of likely N-dealkylation sites (N-methyl/N-ethyl adjacent to an activating group) is 1. The third kappa shape index (κ3) is 5.08. The Morgan fingerprint density at radius 3 is 2.04 bits per heavy atom. The van der Waals surface area contributed by atoms with Crippen LogP contribution in [-0.4, -0.2) is 28.8 Å². The lowest BCUT2D eigenvalue weighted by molar-refractivity contribution is -0.146. The SMILES string of the molecule is CCN(C(=O)C(=O)Nc1ccc(Oc2ccccc2)cc1)C(C)(C)C. The highest BCUT2D eigenvalue weighted by Crippen LogP contribution is 2.22. The maximum atomic E-state index is 12.3. The summed E-state index contributed by atoms with van der Waals surface area (Å²) < 4.78 is 5.70. The molecule has 0 saturated heterocycles.